The molecule has 1 heterocycles. The van der Waals surface area contributed by atoms with Gasteiger partial charge in [-0.2, -0.15) is 0 Å². The third-order valence-corrected chi connectivity index (χ3v) is 3.41. The van der Waals surface area contributed by atoms with Gasteiger partial charge in [-0.25, -0.2) is 9.78 Å². The van der Waals surface area contributed by atoms with Gasteiger partial charge < -0.3 is 9.47 Å². The lowest BCUT2D eigenvalue weighted by atomic mass is 10.1. The summed E-state index contributed by atoms with van der Waals surface area (Å²) in [5, 5.41) is 0. The molecule has 0 fully saturated rings. The molecule has 4 nitrogen and oxygen atoms in total. The van der Waals surface area contributed by atoms with Gasteiger partial charge in [-0.3, -0.25) is 0 Å². The van der Waals surface area contributed by atoms with E-state index in [4.69, 9.17) is 9.47 Å². The lowest BCUT2D eigenvalue weighted by molar-refractivity contribution is 0.0596. The van der Waals surface area contributed by atoms with Gasteiger partial charge in [0.25, 0.3) is 0 Å². The predicted octanol–water partition coefficient (Wildman–Crippen LogP) is 3.39. The summed E-state index contributed by atoms with van der Waals surface area (Å²) in [6.07, 6.45) is 0.975. The van der Waals surface area contributed by atoms with Gasteiger partial charge in [-0.1, -0.05) is 6.92 Å². The van der Waals surface area contributed by atoms with Crippen molar-refractivity contribution in [3.8, 4) is 16.2 Å². The minimum atomic E-state index is -0.414. The highest BCUT2D eigenvalue weighted by Gasteiger charge is 2.16. The van der Waals surface area contributed by atoms with Gasteiger partial charge in [-0.15, -0.1) is 11.3 Å². The molecule has 0 amide bonds. The number of hydrogen-bond donors (Lipinski definition) is 0. The van der Waals surface area contributed by atoms with Crippen molar-refractivity contribution in [1.29, 1.82) is 0 Å². The third-order valence-electron chi connectivity index (χ3n) is 2.54. The summed E-state index contributed by atoms with van der Waals surface area (Å²) in [5.41, 5.74) is 2.93. The predicted molar refractivity (Wildman–Crippen MR) is 74.7 cm³/mol. The van der Waals surface area contributed by atoms with Crippen molar-refractivity contribution in [2.45, 2.75) is 13.3 Å². The van der Waals surface area contributed by atoms with E-state index < -0.39 is 5.97 Å². The quantitative estimate of drug-likeness (QED) is 0.786. The molecular formula is C14H15NO3S. The second-order valence-electron chi connectivity index (χ2n) is 3.89. The molecule has 0 spiro atoms. The van der Waals surface area contributed by atoms with Crippen LogP contribution >= 0.6 is 11.3 Å². The SMILES string of the molecule is CCCOc1ccc(-c2scnc2C(=O)OC)cc1. The maximum atomic E-state index is 11.6. The molecule has 1 aromatic heterocycles. The zero-order valence-corrected chi connectivity index (χ0v) is 11.7. The lowest BCUT2D eigenvalue weighted by Gasteiger charge is -2.05. The summed E-state index contributed by atoms with van der Waals surface area (Å²) in [6.45, 7) is 2.77. The highest BCUT2D eigenvalue weighted by Crippen LogP contribution is 2.29. The van der Waals surface area contributed by atoms with Crippen molar-refractivity contribution in [2.75, 3.05) is 13.7 Å². The van der Waals surface area contributed by atoms with E-state index in [2.05, 4.69) is 11.9 Å². The molecule has 0 aliphatic rings. The summed E-state index contributed by atoms with van der Waals surface area (Å²) in [5.74, 6) is 0.414. The first kappa shape index (κ1) is 13.5. The van der Waals surface area contributed by atoms with Crippen molar-refractivity contribution < 1.29 is 14.3 Å². The molecule has 2 rings (SSSR count). The zero-order chi connectivity index (χ0) is 13.7. The molecule has 100 valence electrons. The Hall–Kier alpha value is -1.88. The van der Waals surface area contributed by atoms with E-state index >= 15 is 0 Å². The number of aromatic nitrogens is 1. The first-order valence-electron chi connectivity index (χ1n) is 6.01. The number of hydrogen-bond acceptors (Lipinski definition) is 5. The lowest BCUT2D eigenvalue weighted by Crippen LogP contribution is -2.02. The Labute approximate surface area is 116 Å². The van der Waals surface area contributed by atoms with E-state index in [-0.39, 0.29) is 0 Å². The topological polar surface area (TPSA) is 48.4 Å². The minimum absolute atomic E-state index is 0.356. The molecule has 0 aliphatic heterocycles. The first-order valence-corrected chi connectivity index (χ1v) is 6.89. The average Bonchev–Trinajstić information content (AvgIpc) is 2.94. The molecule has 0 aliphatic carbocycles. The maximum absolute atomic E-state index is 11.6. The smallest absolute Gasteiger partial charge is 0.358 e. The number of rotatable bonds is 5. The van der Waals surface area contributed by atoms with Crippen LogP contribution in [0.15, 0.2) is 29.8 Å². The van der Waals surface area contributed by atoms with Gasteiger partial charge >= 0.3 is 5.97 Å². The molecule has 0 saturated carbocycles. The fourth-order valence-electron chi connectivity index (χ4n) is 1.62. The van der Waals surface area contributed by atoms with E-state index in [1.165, 1.54) is 18.4 Å². The van der Waals surface area contributed by atoms with Crippen molar-refractivity contribution in [3.05, 3.63) is 35.5 Å². The zero-order valence-electron chi connectivity index (χ0n) is 10.9. The maximum Gasteiger partial charge on any atom is 0.358 e. The van der Waals surface area contributed by atoms with E-state index in [0.29, 0.717) is 12.3 Å². The van der Waals surface area contributed by atoms with Gasteiger partial charge in [0.1, 0.15) is 5.75 Å². The number of carbonyl (C=O) groups is 1. The molecular weight excluding hydrogens is 262 g/mol. The first-order chi connectivity index (χ1) is 9.26. The molecule has 0 N–H and O–H groups in total. The molecule has 19 heavy (non-hydrogen) atoms. The Kier molecular flexibility index (Phi) is 4.52. The largest absolute Gasteiger partial charge is 0.494 e. The van der Waals surface area contributed by atoms with E-state index in [9.17, 15) is 4.79 Å². The van der Waals surface area contributed by atoms with Crippen LogP contribution in [0.3, 0.4) is 0 Å². The van der Waals surface area contributed by atoms with Crippen LogP contribution in [0.25, 0.3) is 10.4 Å². The summed E-state index contributed by atoms with van der Waals surface area (Å²) < 4.78 is 10.2. The monoisotopic (exact) mass is 277 g/mol. The fourth-order valence-corrected chi connectivity index (χ4v) is 2.40. The van der Waals surface area contributed by atoms with E-state index in [0.717, 1.165) is 22.6 Å². The van der Waals surface area contributed by atoms with E-state index in [1.54, 1.807) is 5.51 Å². The number of ether oxygens (including phenoxy) is 2. The van der Waals surface area contributed by atoms with Gasteiger partial charge in [-0.05, 0) is 36.2 Å². The Morgan fingerprint density at radius 3 is 2.68 bits per heavy atom. The molecule has 0 bridgehead atoms. The molecule has 2 aromatic rings. The number of carbonyl (C=O) groups excluding carboxylic acids is 1. The van der Waals surface area contributed by atoms with Crippen LogP contribution < -0.4 is 4.74 Å². The second kappa shape index (κ2) is 6.33. The van der Waals surface area contributed by atoms with Crippen LogP contribution in [-0.4, -0.2) is 24.7 Å². The van der Waals surface area contributed by atoms with Gasteiger partial charge in [0.2, 0.25) is 0 Å². The fraction of sp³-hybridized carbons (Fsp3) is 0.286. The minimum Gasteiger partial charge on any atom is -0.494 e. The number of methoxy groups -OCH3 is 1. The Morgan fingerprint density at radius 2 is 2.05 bits per heavy atom. The van der Waals surface area contributed by atoms with Crippen LogP contribution in [0.1, 0.15) is 23.8 Å². The van der Waals surface area contributed by atoms with Gasteiger partial charge in [0, 0.05) is 0 Å². The van der Waals surface area contributed by atoms with Crippen LogP contribution in [-0.2, 0) is 4.74 Å². The number of nitrogens with zero attached hydrogens (tertiary/aromatic N) is 1. The third kappa shape index (κ3) is 3.12. The van der Waals surface area contributed by atoms with Crippen molar-refractivity contribution in [2.24, 2.45) is 0 Å². The van der Waals surface area contributed by atoms with Gasteiger partial charge in [0.05, 0.1) is 24.1 Å². The van der Waals surface area contributed by atoms with Crippen molar-refractivity contribution >= 4 is 17.3 Å². The summed E-state index contributed by atoms with van der Waals surface area (Å²) in [6, 6.07) is 7.63. The Balaban J connectivity index is 2.23. The average molecular weight is 277 g/mol. The Bertz CT molecular complexity index is 548. The van der Waals surface area contributed by atoms with Crippen LogP contribution in [0.4, 0.5) is 0 Å². The molecule has 0 radical (unpaired) electrons. The van der Waals surface area contributed by atoms with Crippen molar-refractivity contribution in [1.82, 2.24) is 4.98 Å². The molecule has 5 heteroatoms. The number of thiazole rings is 1. The molecule has 0 atom stereocenters. The molecule has 0 saturated heterocycles. The molecule has 0 unspecified atom stereocenters. The van der Waals surface area contributed by atoms with Crippen LogP contribution in [0.2, 0.25) is 0 Å². The summed E-state index contributed by atoms with van der Waals surface area (Å²) >= 11 is 1.42. The number of benzene rings is 1. The molecule has 1 aromatic carbocycles. The van der Waals surface area contributed by atoms with Crippen LogP contribution in [0.5, 0.6) is 5.75 Å². The normalized spacial score (nSPS) is 10.2. The van der Waals surface area contributed by atoms with Crippen molar-refractivity contribution in [3.63, 3.8) is 0 Å². The standard InChI is InChI=1S/C14H15NO3S/c1-3-8-18-11-6-4-10(5-7-11)13-12(14(16)17-2)15-9-19-13/h4-7,9H,3,8H2,1-2H3. The summed E-state index contributed by atoms with van der Waals surface area (Å²) in [7, 11) is 1.35. The van der Waals surface area contributed by atoms with Gasteiger partial charge in [0.15, 0.2) is 5.69 Å². The Morgan fingerprint density at radius 1 is 1.32 bits per heavy atom. The highest BCUT2D eigenvalue weighted by atomic mass is 32.1. The summed E-state index contributed by atoms with van der Waals surface area (Å²) in [4.78, 5) is 16.4. The second-order valence-corrected chi connectivity index (χ2v) is 4.75. The van der Waals surface area contributed by atoms with Crippen LogP contribution in [0, 0.1) is 0 Å². The highest BCUT2D eigenvalue weighted by molar-refractivity contribution is 7.13. The van der Waals surface area contributed by atoms with E-state index in [1.807, 2.05) is 24.3 Å². The number of esters is 1.